The number of imidazole rings is 1. The summed E-state index contributed by atoms with van der Waals surface area (Å²) in [5.74, 6) is -0.335. The number of anilines is 1. The van der Waals surface area contributed by atoms with Gasteiger partial charge in [0.05, 0.1) is 40.9 Å². The maximum absolute atomic E-state index is 12.9. The number of carbonyl (C=O) groups excluding carboxylic acids is 1. The van der Waals surface area contributed by atoms with E-state index in [-0.39, 0.29) is 27.9 Å². The number of nitrogens with one attached hydrogen (secondary N) is 1. The van der Waals surface area contributed by atoms with Gasteiger partial charge in [-0.3, -0.25) is 4.79 Å². The lowest BCUT2D eigenvalue weighted by Crippen LogP contribution is -2.40. The zero-order valence-electron chi connectivity index (χ0n) is 16.3. The van der Waals surface area contributed by atoms with Crippen LogP contribution in [0.4, 0.5) is 5.69 Å². The number of nitrogens with zero attached hydrogens (tertiary/aromatic N) is 3. The number of carbonyl (C=O) groups is 1. The molecule has 30 heavy (non-hydrogen) atoms. The Kier molecular flexibility index (Phi) is 5.79. The van der Waals surface area contributed by atoms with E-state index < -0.39 is 10.0 Å². The van der Waals surface area contributed by atoms with Gasteiger partial charge < -0.3 is 14.5 Å². The second kappa shape index (κ2) is 8.35. The molecule has 0 radical (unpaired) electrons. The largest absolute Gasteiger partial charge is 0.379 e. The number of hydrogen-bond donors (Lipinski definition) is 1. The van der Waals surface area contributed by atoms with Crippen LogP contribution in [0.5, 0.6) is 0 Å². The Morgan fingerprint density at radius 1 is 1.23 bits per heavy atom. The van der Waals surface area contributed by atoms with Crippen LogP contribution in [-0.4, -0.2) is 54.3 Å². The highest BCUT2D eigenvalue weighted by atomic mass is 35.5. The van der Waals surface area contributed by atoms with E-state index in [1.165, 1.54) is 22.5 Å². The minimum atomic E-state index is -3.69. The first-order chi connectivity index (χ1) is 14.3. The van der Waals surface area contributed by atoms with Gasteiger partial charge in [0.15, 0.2) is 0 Å². The molecule has 8 nitrogen and oxygen atoms in total. The Labute approximate surface area is 179 Å². The van der Waals surface area contributed by atoms with Crippen molar-refractivity contribution in [1.82, 2.24) is 13.7 Å². The van der Waals surface area contributed by atoms with E-state index >= 15 is 0 Å². The molecule has 4 rings (SSSR count). The average Bonchev–Trinajstić information content (AvgIpc) is 3.11. The molecule has 1 aliphatic rings. The predicted molar refractivity (Wildman–Crippen MR) is 113 cm³/mol. The van der Waals surface area contributed by atoms with Crippen LogP contribution in [0, 0.1) is 6.92 Å². The highest BCUT2D eigenvalue weighted by molar-refractivity contribution is 7.89. The van der Waals surface area contributed by atoms with Crippen LogP contribution in [0.15, 0.2) is 47.6 Å². The van der Waals surface area contributed by atoms with Crippen LogP contribution in [0.3, 0.4) is 0 Å². The molecule has 0 spiro atoms. The molecule has 0 atom stereocenters. The highest BCUT2D eigenvalue weighted by Gasteiger charge is 2.27. The summed E-state index contributed by atoms with van der Waals surface area (Å²) in [5, 5.41) is 2.96. The molecule has 0 unspecified atom stereocenters. The van der Waals surface area contributed by atoms with Gasteiger partial charge in [-0.05, 0) is 42.8 Å². The molecule has 0 saturated carbocycles. The summed E-state index contributed by atoms with van der Waals surface area (Å²) in [6, 6.07) is 8.18. The predicted octanol–water partition coefficient (Wildman–Crippen LogP) is 2.50. The number of amides is 1. The zero-order valence-corrected chi connectivity index (χ0v) is 17.9. The van der Waals surface area contributed by atoms with E-state index in [4.69, 9.17) is 16.3 Å². The fraction of sp³-hybridized carbons (Fsp3) is 0.300. The summed E-state index contributed by atoms with van der Waals surface area (Å²) in [5.41, 5.74) is 2.69. The number of aromatic nitrogens is 2. The summed E-state index contributed by atoms with van der Waals surface area (Å²) in [6.45, 7) is 3.27. The molecule has 1 saturated heterocycles. The van der Waals surface area contributed by atoms with Crippen molar-refractivity contribution in [2.75, 3.05) is 31.6 Å². The van der Waals surface area contributed by atoms with Crippen molar-refractivity contribution in [2.45, 2.75) is 18.2 Å². The maximum Gasteiger partial charge on any atom is 0.243 e. The number of halogens is 1. The third kappa shape index (κ3) is 4.34. The quantitative estimate of drug-likeness (QED) is 0.647. The Bertz CT molecular complexity index is 1200. The smallest absolute Gasteiger partial charge is 0.243 e. The van der Waals surface area contributed by atoms with Crippen LogP contribution in [0.25, 0.3) is 5.65 Å². The number of aryl methyl sites for hydroxylation is 1. The monoisotopic (exact) mass is 448 g/mol. The molecule has 1 amide bonds. The van der Waals surface area contributed by atoms with Gasteiger partial charge in [0, 0.05) is 25.5 Å². The molecule has 1 fully saturated rings. The lowest BCUT2D eigenvalue weighted by atomic mass is 10.2. The number of ether oxygens (including phenoxy) is 1. The highest BCUT2D eigenvalue weighted by Crippen LogP contribution is 2.27. The third-order valence-electron chi connectivity index (χ3n) is 4.83. The molecule has 3 heterocycles. The van der Waals surface area contributed by atoms with E-state index in [0.29, 0.717) is 32.0 Å². The molecule has 1 N–H and O–H groups in total. The topological polar surface area (TPSA) is 93.0 Å². The van der Waals surface area contributed by atoms with E-state index in [1.807, 2.05) is 29.7 Å². The normalized spacial score (nSPS) is 15.4. The minimum absolute atomic E-state index is 0.0392. The third-order valence-corrected chi connectivity index (χ3v) is 7.05. The number of rotatable bonds is 5. The molecule has 0 aliphatic carbocycles. The van der Waals surface area contributed by atoms with Gasteiger partial charge in [0.25, 0.3) is 0 Å². The summed E-state index contributed by atoms with van der Waals surface area (Å²) >= 11 is 6.20. The first-order valence-electron chi connectivity index (χ1n) is 9.44. The van der Waals surface area contributed by atoms with Crippen LogP contribution in [0.1, 0.15) is 11.3 Å². The molecular formula is C20H21ClN4O4S. The van der Waals surface area contributed by atoms with Crippen molar-refractivity contribution in [3.8, 4) is 0 Å². The van der Waals surface area contributed by atoms with Crippen molar-refractivity contribution >= 4 is 38.9 Å². The van der Waals surface area contributed by atoms with Gasteiger partial charge in [-0.15, -0.1) is 0 Å². The Morgan fingerprint density at radius 3 is 2.77 bits per heavy atom. The number of fused-ring (bicyclic) bond motifs is 1. The summed E-state index contributed by atoms with van der Waals surface area (Å²) < 4.78 is 34.1. The second-order valence-electron chi connectivity index (χ2n) is 7.08. The first kappa shape index (κ1) is 20.8. The van der Waals surface area contributed by atoms with Crippen LogP contribution in [0.2, 0.25) is 5.02 Å². The van der Waals surface area contributed by atoms with Crippen molar-refractivity contribution in [3.63, 3.8) is 0 Å². The first-order valence-corrected chi connectivity index (χ1v) is 11.3. The average molecular weight is 449 g/mol. The minimum Gasteiger partial charge on any atom is -0.379 e. The van der Waals surface area contributed by atoms with Crippen LogP contribution < -0.4 is 5.32 Å². The molecule has 2 aromatic heterocycles. The van der Waals surface area contributed by atoms with Gasteiger partial charge in [-0.25, -0.2) is 13.4 Å². The number of hydrogen-bond acceptors (Lipinski definition) is 5. The van der Waals surface area contributed by atoms with Gasteiger partial charge in [0.1, 0.15) is 5.65 Å². The molecule has 1 aromatic carbocycles. The zero-order chi connectivity index (χ0) is 21.3. The number of benzene rings is 1. The van der Waals surface area contributed by atoms with Crippen LogP contribution >= 0.6 is 11.6 Å². The molecule has 158 valence electrons. The standard InChI is InChI=1S/C20H21ClN4O4S/c1-14-4-5-24-13-15(22-19(24)10-14)11-20(26)23-18-12-16(2-3-17(18)21)30(27,28)25-6-8-29-9-7-25/h2-5,10,12-13H,6-9,11H2,1H3,(H,23,26). The molecule has 3 aromatic rings. The maximum atomic E-state index is 12.9. The Hall–Kier alpha value is -2.46. The van der Waals surface area contributed by atoms with Crippen molar-refractivity contribution in [1.29, 1.82) is 0 Å². The van der Waals surface area contributed by atoms with Crippen LogP contribution in [-0.2, 0) is 26.0 Å². The van der Waals surface area contributed by atoms with Crippen molar-refractivity contribution in [3.05, 3.63) is 59.0 Å². The van der Waals surface area contributed by atoms with E-state index in [9.17, 15) is 13.2 Å². The number of sulfonamides is 1. The molecular weight excluding hydrogens is 428 g/mol. The number of pyridine rings is 1. The second-order valence-corrected chi connectivity index (χ2v) is 9.43. The molecule has 1 aliphatic heterocycles. The fourth-order valence-corrected chi connectivity index (χ4v) is 4.88. The molecule has 10 heteroatoms. The van der Waals surface area contributed by atoms with Gasteiger partial charge in [-0.2, -0.15) is 4.31 Å². The molecule has 0 bridgehead atoms. The van der Waals surface area contributed by atoms with E-state index in [0.717, 1.165) is 11.2 Å². The van der Waals surface area contributed by atoms with E-state index in [1.54, 1.807) is 6.20 Å². The summed E-state index contributed by atoms with van der Waals surface area (Å²) in [7, 11) is -3.69. The SMILES string of the molecule is Cc1ccn2cc(CC(=O)Nc3cc(S(=O)(=O)N4CCOCC4)ccc3Cl)nc2c1. The fourth-order valence-electron chi connectivity index (χ4n) is 3.28. The summed E-state index contributed by atoms with van der Waals surface area (Å²) in [6.07, 6.45) is 3.71. The van der Waals surface area contributed by atoms with Crippen molar-refractivity contribution in [2.24, 2.45) is 0 Å². The van der Waals surface area contributed by atoms with Gasteiger partial charge in [0.2, 0.25) is 15.9 Å². The lowest BCUT2D eigenvalue weighted by Gasteiger charge is -2.26. The van der Waals surface area contributed by atoms with Crippen molar-refractivity contribution < 1.29 is 17.9 Å². The number of morpholine rings is 1. The lowest BCUT2D eigenvalue weighted by molar-refractivity contribution is -0.115. The Morgan fingerprint density at radius 2 is 2.00 bits per heavy atom. The Balaban J connectivity index is 1.52. The van der Waals surface area contributed by atoms with E-state index in [2.05, 4.69) is 10.3 Å². The van der Waals surface area contributed by atoms with Gasteiger partial charge in [-0.1, -0.05) is 11.6 Å². The summed E-state index contributed by atoms with van der Waals surface area (Å²) in [4.78, 5) is 17.1. The van der Waals surface area contributed by atoms with Gasteiger partial charge >= 0.3 is 0 Å².